The van der Waals surface area contributed by atoms with Gasteiger partial charge < -0.3 is 20.5 Å². The van der Waals surface area contributed by atoms with Crippen molar-refractivity contribution >= 4 is 18.8 Å². The molecule has 0 bridgehead atoms. The van der Waals surface area contributed by atoms with Gasteiger partial charge in [-0.1, -0.05) is 13.8 Å². The zero-order valence-electron chi connectivity index (χ0n) is 14.1. The van der Waals surface area contributed by atoms with Crippen molar-refractivity contribution in [2.24, 2.45) is 11.8 Å². The SMILES string of the molecule is CC(C)C[C@H](NC(=O)[C@@H](CC(=O)c1cnccn1)[C@@H](C)O)B(O)O. The lowest BCUT2D eigenvalue weighted by Crippen LogP contribution is -2.50. The highest BCUT2D eigenvalue weighted by atomic mass is 16.4. The lowest BCUT2D eigenvalue weighted by molar-refractivity contribution is -0.128. The number of aromatic nitrogens is 2. The van der Waals surface area contributed by atoms with Gasteiger partial charge in [-0.3, -0.25) is 14.6 Å². The van der Waals surface area contributed by atoms with E-state index in [9.17, 15) is 24.7 Å². The number of Topliss-reactive ketones (excluding diaryl/α,β-unsaturated/α-hetero) is 1. The number of rotatable bonds is 9. The molecule has 1 aromatic heterocycles. The van der Waals surface area contributed by atoms with Crippen LogP contribution in [0.2, 0.25) is 0 Å². The Labute approximate surface area is 141 Å². The Morgan fingerprint density at radius 1 is 1.25 bits per heavy atom. The van der Waals surface area contributed by atoms with E-state index in [1.165, 1.54) is 25.5 Å². The third-order valence-electron chi connectivity index (χ3n) is 3.59. The molecule has 0 saturated carbocycles. The summed E-state index contributed by atoms with van der Waals surface area (Å²) in [5.74, 6) is -2.79. The minimum absolute atomic E-state index is 0.108. The van der Waals surface area contributed by atoms with Gasteiger partial charge in [0.1, 0.15) is 5.69 Å². The molecule has 8 nitrogen and oxygen atoms in total. The number of amides is 1. The fourth-order valence-electron chi connectivity index (χ4n) is 2.28. The third kappa shape index (κ3) is 6.35. The second-order valence-electron chi connectivity index (χ2n) is 6.22. The van der Waals surface area contributed by atoms with Crippen LogP contribution in [0.15, 0.2) is 18.6 Å². The number of hydrogen-bond acceptors (Lipinski definition) is 7. The number of carbonyl (C=O) groups is 2. The van der Waals surface area contributed by atoms with Gasteiger partial charge in [0.25, 0.3) is 0 Å². The van der Waals surface area contributed by atoms with Crippen LogP contribution in [0.1, 0.15) is 44.1 Å². The van der Waals surface area contributed by atoms with Gasteiger partial charge in [0, 0.05) is 18.8 Å². The average Bonchev–Trinajstić information content (AvgIpc) is 2.51. The number of hydrogen-bond donors (Lipinski definition) is 4. The topological polar surface area (TPSA) is 133 Å². The zero-order valence-corrected chi connectivity index (χ0v) is 14.1. The van der Waals surface area contributed by atoms with Crippen LogP contribution in [0.3, 0.4) is 0 Å². The minimum atomic E-state index is -1.72. The summed E-state index contributed by atoms with van der Waals surface area (Å²) in [4.78, 5) is 32.2. The van der Waals surface area contributed by atoms with Crippen LogP contribution in [0.25, 0.3) is 0 Å². The van der Waals surface area contributed by atoms with E-state index in [-0.39, 0.29) is 18.0 Å². The van der Waals surface area contributed by atoms with Crippen molar-refractivity contribution in [2.45, 2.75) is 45.7 Å². The maximum absolute atomic E-state index is 12.4. The van der Waals surface area contributed by atoms with E-state index in [0.29, 0.717) is 6.42 Å². The molecule has 4 N–H and O–H groups in total. The summed E-state index contributed by atoms with van der Waals surface area (Å²) in [5, 5.41) is 31.1. The van der Waals surface area contributed by atoms with Crippen molar-refractivity contribution in [1.82, 2.24) is 15.3 Å². The van der Waals surface area contributed by atoms with Gasteiger partial charge >= 0.3 is 7.12 Å². The number of carbonyl (C=O) groups excluding carboxylic acids is 2. The fraction of sp³-hybridized carbons (Fsp3) is 0.600. The summed E-state index contributed by atoms with van der Waals surface area (Å²) in [6.07, 6.45) is 3.10. The highest BCUT2D eigenvalue weighted by Crippen LogP contribution is 2.15. The van der Waals surface area contributed by atoms with Crippen molar-refractivity contribution in [3.05, 3.63) is 24.3 Å². The van der Waals surface area contributed by atoms with Gasteiger partial charge in [0.2, 0.25) is 5.91 Å². The van der Waals surface area contributed by atoms with E-state index in [1.807, 2.05) is 13.8 Å². The fourth-order valence-corrected chi connectivity index (χ4v) is 2.28. The van der Waals surface area contributed by atoms with Crippen molar-refractivity contribution in [1.29, 1.82) is 0 Å². The first-order chi connectivity index (χ1) is 11.2. The highest BCUT2D eigenvalue weighted by Gasteiger charge is 2.32. The summed E-state index contributed by atoms with van der Waals surface area (Å²) in [6, 6.07) is 0. The Balaban J connectivity index is 2.79. The third-order valence-corrected chi connectivity index (χ3v) is 3.59. The quantitative estimate of drug-likeness (QED) is 0.356. The predicted molar refractivity (Wildman–Crippen MR) is 87.7 cm³/mol. The van der Waals surface area contributed by atoms with Crippen molar-refractivity contribution in [2.75, 3.05) is 0 Å². The summed E-state index contributed by atoms with van der Waals surface area (Å²) in [5.41, 5.74) is 0.108. The molecule has 0 unspecified atom stereocenters. The van der Waals surface area contributed by atoms with E-state index in [4.69, 9.17) is 0 Å². The molecule has 0 spiro atoms. The van der Waals surface area contributed by atoms with Gasteiger partial charge in [-0.15, -0.1) is 0 Å². The molecule has 0 aromatic carbocycles. The summed E-state index contributed by atoms with van der Waals surface area (Å²) in [6.45, 7) is 5.16. The standard InChI is InChI=1S/C15H24BN3O5/c1-9(2)6-14(16(23)24)19-15(22)11(10(3)20)7-13(21)12-8-17-4-5-18-12/h4-5,8-11,14,20,23-24H,6-7H2,1-3H3,(H,19,22)/t10-,11+,14+/m1/s1. The van der Waals surface area contributed by atoms with Crippen molar-refractivity contribution in [3.63, 3.8) is 0 Å². The van der Waals surface area contributed by atoms with E-state index >= 15 is 0 Å². The first-order valence-corrected chi connectivity index (χ1v) is 7.86. The van der Waals surface area contributed by atoms with Gasteiger partial charge in [0.05, 0.1) is 24.2 Å². The molecule has 0 aliphatic carbocycles. The second kappa shape index (κ2) is 9.46. The first-order valence-electron chi connectivity index (χ1n) is 7.86. The largest absolute Gasteiger partial charge is 0.475 e. The molecule has 1 amide bonds. The maximum Gasteiger partial charge on any atom is 0.475 e. The minimum Gasteiger partial charge on any atom is -0.426 e. The van der Waals surface area contributed by atoms with E-state index in [2.05, 4.69) is 15.3 Å². The molecule has 24 heavy (non-hydrogen) atoms. The molecule has 0 aliphatic rings. The van der Waals surface area contributed by atoms with Crippen molar-refractivity contribution in [3.8, 4) is 0 Å². The van der Waals surface area contributed by atoms with Crippen LogP contribution in [0.4, 0.5) is 0 Å². The number of nitrogens with zero attached hydrogens (tertiary/aromatic N) is 2. The maximum atomic E-state index is 12.4. The Morgan fingerprint density at radius 2 is 1.92 bits per heavy atom. The molecule has 3 atom stereocenters. The molecule has 1 rings (SSSR count). The molecule has 0 aliphatic heterocycles. The predicted octanol–water partition coefficient (Wildman–Crippen LogP) is -0.411. The molecular formula is C15H24BN3O5. The Bertz CT molecular complexity index is 539. The van der Waals surface area contributed by atoms with E-state index in [1.54, 1.807) is 0 Å². The van der Waals surface area contributed by atoms with E-state index in [0.717, 1.165) is 0 Å². The van der Waals surface area contributed by atoms with Crippen LogP contribution in [-0.2, 0) is 4.79 Å². The van der Waals surface area contributed by atoms with Gasteiger partial charge in [-0.05, 0) is 19.3 Å². The van der Waals surface area contributed by atoms with Crippen LogP contribution in [0.5, 0.6) is 0 Å². The number of nitrogens with one attached hydrogen (secondary N) is 1. The smallest absolute Gasteiger partial charge is 0.426 e. The Morgan fingerprint density at radius 3 is 2.38 bits per heavy atom. The first kappa shape index (κ1) is 20.2. The molecular weight excluding hydrogens is 313 g/mol. The molecule has 1 heterocycles. The lowest BCUT2D eigenvalue weighted by Gasteiger charge is -2.24. The van der Waals surface area contributed by atoms with Gasteiger partial charge in [0.15, 0.2) is 5.78 Å². The Kier molecular flexibility index (Phi) is 7.96. The van der Waals surface area contributed by atoms with Gasteiger partial charge in [-0.25, -0.2) is 4.98 Å². The highest BCUT2D eigenvalue weighted by molar-refractivity contribution is 6.43. The van der Waals surface area contributed by atoms with Gasteiger partial charge in [-0.2, -0.15) is 0 Å². The zero-order chi connectivity index (χ0) is 18.3. The monoisotopic (exact) mass is 337 g/mol. The van der Waals surface area contributed by atoms with Crippen LogP contribution >= 0.6 is 0 Å². The lowest BCUT2D eigenvalue weighted by atomic mass is 9.74. The van der Waals surface area contributed by atoms with Crippen molar-refractivity contribution < 1.29 is 24.7 Å². The average molecular weight is 337 g/mol. The van der Waals surface area contributed by atoms with Crippen LogP contribution in [0, 0.1) is 11.8 Å². The second-order valence-corrected chi connectivity index (χ2v) is 6.22. The molecule has 9 heteroatoms. The summed E-state index contributed by atoms with van der Waals surface area (Å²) < 4.78 is 0. The molecule has 0 radical (unpaired) electrons. The number of ketones is 1. The van der Waals surface area contributed by atoms with Crippen LogP contribution < -0.4 is 5.32 Å². The Hall–Kier alpha value is -1.84. The normalized spacial score (nSPS) is 14.8. The van der Waals surface area contributed by atoms with E-state index < -0.39 is 36.8 Å². The number of aliphatic hydroxyl groups is 1. The molecule has 0 fully saturated rings. The number of aliphatic hydroxyl groups excluding tert-OH is 1. The molecule has 0 saturated heterocycles. The van der Waals surface area contributed by atoms with Crippen LogP contribution in [-0.4, -0.2) is 56.0 Å². The molecule has 1 aromatic rings. The summed E-state index contributed by atoms with van der Waals surface area (Å²) >= 11 is 0. The summed E-state index contributed by atoms with van der Waals surface area (Å²) in [7, 11) is -1.72. The molecule has 132 valence electrons.